The predicted octanol–water partition coefficient (Wildman–Crippen LogP) is 0.109. The fourth-order valence-corrected chi connectivity index (χ4v) is 2.49. The van der Waals surface area contributed by atoms with Crippen molar-refractivity contribution in [3.8, 4) is 0 Å². The first-order valence-electron chi connectivity index (χ1n) is 7.98. The lowest BCUT2D eigenvalue weighted by Gasteiger charge is -2.07. The molecule has 1 aromatic carbocycles. The molecule has 6 N–H and O–H groups in total. The first kappa shape index (κ1) is 17.9. The van der Waals surface area contributed by atoms with Gasteiger partial charge in [-0.1, -0.05) is 6.07 Å². The Labute approximate surface area is 152 Å². The van der Waals surface area contributed by atoms with E-state index in [1.807, 2.05) is 0 Å². The second-order valence-electron chi connectivity index (χ2n) is 5.66. The maximum Gasteiger partial charge on any atom is 0.261 e. The summed E-state index contributed by atoms with van der Waals surface area (Å²) in [6.07, 6.45) is 2.66. The molecule has 138 valence electrons. The molecule has 0 saturated carbocycles. The van der Waals surface area contributed by atoms with Crippen molar-refractivity contribution >= 4 is 34.4 Å². The van der Waals surface area contributed by atoms with Crippen molar-refractivity contribution in [3.63, 3.8) is 0 Å². The summed E-state index contributed by atoms with van der Waals surface area (Å²) in [6, 6.07) is 6.25. The summed E-state index contributed by atoms with van der Waals surface area (Å²) in [7, 11) is 0. The quantitative estimate of drug-likeness (QED) is 0.416. The van der Waals surface area contributed by atoms with Crippen LogP contribution in [-0.2, 0) is 4.79 Å². The topological polar surface area (TPSA) is 163 Å². The third-order valence-corrected chi connectivity index (χ3v) is 3.76. The minimum atomic E-state index is -0.522. The van der Waals surface area contributed by atoms with Gasteiger partial charge in [0.15, 0.2) is 0 Å². The maximum atomic E-state index is 12.5. The van der Waals surface area contributed by atoms with Gasteiger partial charge in [0.1, 0.15) is 5.65 Å². The second-order valence-corrected chi connectivity index (χ2v) is 5.66. The lowest BCUT2D eigenvalue weighted by atomic mass is 10.1. The van der Waals surface area contributed by atoms with Crippen LogP contribution in [0.4, 0.5) is 5.69 Å². The van der Waals surface area contributed by atoms with E-state index in [9.17, 15) is 19.2 Å². The van der Waals surface area contributed by atoms with Gasteiger partial charge in [0, 0.05) is 30.4 Å². The number of rotatable bonds is 6. The van der Waals surface area contributed by atoms with Crippen molar-refractivity contribution in [3.05, 3.63) is 58.3 Å². The number of anilines is 1. The SMILES string of the molecule is NC(=O)CCNC(=O)c1cccc(NC(=O)c2c[nH]c3nc[nH]c(=O)c23)c1. The molecule has 0 aliphatic carbocycles. The Balaban J connectivity index is 1.76. The van der Waals surface area contributed by atoms with Crippen LogP contribution in [-0.4, -0.2) is 39.2 Å². The first-order valence-corrected chi connectivity index (χ1v) is 7.98. The summed E-state index contributed by atoms with van der Waals surface area (Å²) < 4.78 is 0. The molecule has 10 nitrogen and oxygen atoms in total. The summed E-state index contributed by atoms with van der Waals surface area (Å²) in [5.74, 6) is -1.44. The van der Waals surface area contributed by atoms with Crippen molar-refractivity contribution in [2.24, 2.45) is 5.73 Å². The molecular weight excluding hydrogens is 352 g/mol. The summed E-state index contributed by atoms with van der Waals surface area (Å²) in [5, 5.41) is 5.35. The van der Waals surface area contributed by atoms with Crippen molar-refractivity contribution < 1.29 is 14.4 Å². The number of hydrogen-bond donors (Lipinski definition) is 5. The van der Waals surface area contributed by atoms with E-state index >= 15 is 0 Å². The number of amides is 3. The van der Waals surface area contributed by atoms with E-state index in [4.69, 9.17) is 5.73 Å². The largest absolute Gasteiger partial charge is 0.370 e. The zero-order chi connectivity index (χ0) is 19.4. The van der Waals surface area contributed by atoms with Gasteiger partial charge >= 0.3 is 0 Å². The molecule has 0 saturated heterocycles. The monoisotopic (exact) mass is 368 g/mol. The van der Waals surface area contributed by atoms with Crippen LogP contribution in [0.3, 0.4) is 0 Å². The van der Waals surface area contributed by atoms with Crippen LogP contribution in [0.15, 0.2) is 41.6 Å². The van der Waals surface area contributed by atoms with E-state index in [0.29, 0.717) is 16.9 Å². The molecule has 0 fully saturated rings. The van der Waals surface area contributed by atoms with E-state index in [1.165, 1.54) is 18.6 Å². The molecule has 0 bridgehead atoms. The zero-order valence-electron chi connectivity index (χ0n) is 14.0. The molecular formula is C17H16N6O4. The lowest BCUT2D eigenvalue weighted by molar-refractivity contribution is -0.117. The standard InChI is InChI=1S/C17H16N6O4/c18-12(24)4-5-19-15(25)9-2-1-3-10(6-9)23-16(26)11-7-20-14-13(11)17(27)22-8-21-14/h1-3,6-8H,4-5H2,(H2,18,24)(H,19,25)(H,23,26)(H2,20,21,22,27). The molecule has 27 heavy (non-hydrogen) atoms. The fourth-order valence-electron chi connectivity index (χ4n) is 2.49. The van der Waals surface area contributed by atoms with Gasteiger partial charge in [0.05, 0.1) is 17.3 Å². The number of benzene rings is 1. The van der Waals surface area contributed by atoms with Gasteiger partial charge < -0.3 is 26.3 Å². The Hall–Kier alpha value is -3.95. The molecule has 0 unspecified atom stereocenters. The summed E-state index contributed by atoms with van der Waals surface area (Å²) in [4.78, 5) is 56.4. The number of carbonyl (C=O) groups excluding carboxylic acids is 3. The number of primary amides is 1. The lowest BCUT2D eigenvalue weighted by Crippen LogP contribution is -2.27. The minimum absolute atomic E-state index is 0.0330. The summed E-state index contributed by atoms with van der Waals surface area (Å²) in [5.41, 5.74) is 5.69. The van der Waals surface area contributed by atoms with E-state index < -0.39 is 23.3 Å². The number of hydrogen-bond acceptors (Lipinski definition) is 5. The summed E-state index contributed by atoms with van der Waals surface area (Å²) >= 11 is 0. The highest BCUT2D eigenvalue weighted by Crippen LogP contribution is 2.16. The molecule has 0 spiro atoms. The van der Waals surface area contributed by atoms with Crippen molar-refractivity contribution in [1.29, 1.82) is 0 Å². The van der Waals surface area contributed by atoms with Crippen molar-refractivity contribution in [2.45, 2.75) is 6.42 Å². The van der Waals surface area contributed by atoms with Gasteiger partial charge in [0.2, 0.25) is 5.91 Å². The molecule has 2 aromatic heterocycles. The highest BCUT2D eigenvalue weighted by Gasteiger charge is 2.16. The fraction of sp³-hybridized carbons (Fsp3) is 0.118. The van der Waals surface area contributed by atoms with Gasteiger partial charge in [-0.05, 0) is 18.2 Å². The number of nitrogens with two attached hydrogens (primary N) is 1. The van der Waals surface area contributed by atoms with Crippen LogP contribution in [0.25, 0.3) is 11.0 Å². The average Bonchev–Trinajstić information content (AvgIpc) is 3.07. The normalized spacial score (nSPS) is 10.5. The van der Waals surface area contributed by atoms with Gasteiger partial charge in [-0.15, -0.1) is 0 Å². The molecule has 0 atom stereocenters. The molecule has 0 aliphatic rings. The number of fused-ring (bicyclic) bond motifs is 1. The Morgan fingerprint density at radius 2 is 1.96 bits per heavy atom. The van der Waals surface area contributed by atoms with E-state index in [1.54, 1.807) is 18.2 Å². The highest BCUT2D eigenvalue weighted by atomic mass is 16.2. The smallest absolute Gasteiger partial charge is 0.261 e. The third-order valence-electron chi connectivity index (χ3n) is 3.76. The van der Waals surface area contributed by atoms with Crippen LogP contribution >= 0.6 is 0 Å². The number of H-pyrrole nitrogens is 2. The number of aromatic amines is 2. The average molecular weight is 368 g/mol. The molecule has 2 heterocycles. The van der Waals surface area contributed by atoms with E-state index in [2.05, 4.69) is 25.6 Å². The Bertz CT molecular complexity index is 1080. The number of carbonyl (C=O) groups is 3. The molecule has 0 aliphatic heterocycles. The number of nitrogens with zero attached hydrogens (tertiary/aromatic N) is 1. The Morgan fingerprint density at radius 1 is 1.15 bits per heavy atom. The zero-order valence-corrected chi connectivity index (χ0v) is 14.0. The predicted molar refractivity (Wildman–Crippen MR) is 97.3 cm³/mol. The van der Waals surface area contributed by atoms with Gasteiger partial charge in [-0.3, -0.25) is 19.2 Å². The molecule has 3 amide bonds. The molecule has 0 radical (unpaired) electrons. The van der Waals surface area contributed by atoms with Crippen LogP contribution < -0.4 is 21.9 Å². The number of aromatic nitrogens is 3. The van der Waals surface area contributed by atoms with E-state index in [0.717, 1.165) is 0 Å². The Kier molecular flexibility index (Phi) is 4.97. The van der Waals surface area contributed by atoms with Gasteiger partial charge in [-0.25, -0.2) is 4.98 Å². The Morgan fingerprint density at radius 3 is 2.74 bits per heavy atom. The van der Waals surface area contributed by atoms with Crippen molar-refractivity contribution in [2.75, 3.05) is 11.9 Å². The number of nitrogens with one attached hydrogen (secondary N) is 4. The first-order chi connectivity index (χ1) is 13.0. The second kappa shape index (κ2) is 7.52. The maximum absolute atomic E-state index is 12.5. The molecule has 3 rings (SSSR count). The third kappa shape index (κ3) is 4.00. The summed E-state index contributed by atoms with van der Waals surface area (Å²) in [6.45, 7) is 0.121. The van der Waals surface area contributed by atoms with Crippen LogP contribution in [0.5, 0.6) is 0 Å². The van der Waals surface area contributed by atoms with Crippen LogP contribution in [0.1, 0.15) is 27.1 Å². The minimum Gasteiger partial charge on any atom is -0.370 e. The van der Waals surface area contributed by atoms with Crippen LogP contribution in [0, 0.1) is 0 Å². The van der Waals surface area contributed by atoms with Gasteiger partial charge in [0.25, 0.3) is 17.4 Å². The van der Waals surface area contributed by atoms with Crippen LogP contribution in [0.2, 0.25) is 0 Å². The molecule has 3 aromatic rings. The van der Waals surface area contributed by atoms with E-state index in [-0.39, 0.29) is 23.9 Å². The van der Waals surface area contributed by atoms with Crippen molar-refractivity contribution in [1.82, 2.24) is 20.3 Å². The molecule has 10 heteroatoms. The highest BCUT2D eigenvalue weighted by molar-refractivity contribution is 6.12. The van der Waals surface area contributed by atoms with Gasteiger partial charge in [-0.2, -0.15) is 0 Å².